The fourth-order valence-electron chi connectivity index (χ4n) is 0. The number of aliphatic hydroxyl groups excluding tert-OH is 1. The van der Waals surface area contributed by atoms with Gasteiger partial charge in [0.2, 0.25) is 0 Å². The molecule has 0 unspecified atom stereocenters. The van der Waals surface area contributed by atoms with Crippen LogP contribution in [-0.2, 0) is 4.57 Å². The Morgan fingerprint density at radius 2 is 1.62 bits per heavy atom. The van der Waals surface area contributed by atoms with Gasteiger partial charge < -0.3 is 20.6 Å². The van der Waals surface area contributed by atoms with Gasteiger partial charge in [0.1, 0.15) is 0 Å². The Morgan fingerprint density at radius 3 is 1.62 bits per heavy atom. The maximum Gasteiger partial charge on any atom is 0.314 e. The maximum atomic E-state index is 8.74. The molecule has 0 saturated carbocycles. The third-order valence-electron chi connectivity index (χ3n) is 0.129. The quantitative estimate of drug-likeness (QED) is 0.327. The van der Waals surface area contributed by atoms with Gasteiger partial charge in [-0.3, -0.25) is 4.57 Å². The molecule has 0 aromatic heterocycles. The van der Waals surface area contributed by atoms with Gasteiger partial charge in [-0.2, -0.15) is 0 Å². The highest BCUT2D eigenvalue weighted by atomic mass is 31.1. The van der Waals surface area contributed by atoms with Gasteiger partial charge in [0.05, 0.1) is 6.61 Å². The van der Waals surface area contributed by atoms with Gasteiger partial charge >= 0.3 is 8.25 Å². The Hall–Kier alpha value is 0.0700. The Balaban J connectivity index is 0. The first-order chi connectivity index (χ1) is 3.65. The second-order valence-electron chi connectivity index (χ2n) is 0.795. The third-order valence-corrected chi connectivity index (χ3v) is 0.129. The number of aliphatic hydroxyl groups is 1. The molecule has 0 heterocycles. The van der Waals surface area contributed by atoms with Gasteiger partial charge in [-0.25, -0.2) is 0 Å². The molecule has 0 aromatic rings. The monoisotopic (exact) mass is 143 g/mol. The van der Waals surface area contributed by atoms with Gasteiger partial charge in [0.15, 0.2) is 0 Å². The topological polar surface area (TPSA) is 104 Å². The van der Waals surface area contributed by atoms with E-state index in [0.29, 0.717) is 6.54 Å². The molecular formula is C2H10NO4P. The van der Waals surface area contributed by atoms with Crippen LogP contribution in [0.15, 0.2) is 0 Å². The molecule has 0 spiro atoms. The minimum Gasteiger partial charge on any atom is -0.395 e. The lowest BCUT2D eigenvalue weighted by atomic mass is 10.8. The van der Waals surface area contributed by atoms with E-state index in [2.05, 4.69) is 0 Å². The molecule has 0 rings (SSSR count). The van der Waals surface area contributed by atoms with Crippen molar-refractivity contribution in [3.8, 4) is 0 Å². The van der Waals surface area contributed by atoms with E-state index in [9.17, 15) is 0 Å². The highest BCUT2D eigenvalue weighted by molar-refractivity contribution is 7.30. The van der Waals surface area contributed by atoms with Crippen LogP contribution < -0.4 is 5.73 Å². The zero-order valence-electron chi connectivity index (χ0n) is 4.24. The van der Waals surface area contributed by atoms with Crippen molar-refractivity contribution in [2.75, 3.05) is 13.2 Å². The Kier molecular flexibility index (Phi) is 13.9. The Morgan fingerprint density at radius 1 is 1.50 bits per heavy atom. The normalized spacial score (nSPS) is 8.12. The first-order valence-corrected chi connectivity index (χ1v) is 3.18. The van der Waals surface area contributed by atoms with Crippen molar-refractivity contribution in [3.05, 3.63) is 0 Å². The summed E-state index contributed by atoms with van der Waals surface area (Å²) in [5.41, 5.74) is 4.78. The summed E-state index contributed by atoms with van der Waals surface area (Å²) >= 11 is 0. The second-order valence-corrected chi connectivity index (χ2v) is 1.36. The first kappa shape index (κ1) is 10.9. The van der Waals surface area contributed by atoms with E-state index < -0.39 is 8.25 Å². The molecule has 0 atom stereocenters. The minimum absolute atomic E-state index is 0.0972. The third kappa shape index (κ3) is 136. The van der Waals surface area contributed by atoms with Gasteiger partial charge in [-0.15, -0.1) is 0 Å². The Labute approximate surface area is 47.7 Å². The summed E-state index contributed by atoms with van der Waals surface area (Å²) < 4.78 is 8.74. The summed E-state index contributed by atoms with van der Waals surface area (Å²) in [6, 6.07) is 0. The van der Waals surface area contributed by atoms with Crippen LogP contribution in [0, 0.1) is 0 Å². The van der Waals surface area contributed by atoms with E-state index >= 15 is 0 Å². The number of nitrogens with two attached hydrogens (primary N) is 1. The molecule has 52 valence electrons. The SMILES string of the molecule is NCCO.O=[PH](O)O. The average molecular weight is 143 g/mol. The molecule has 0 bridgehead atoms. The zero-order valence-corrected chi connectivity index (χ0v) is 5.24. The van der Waals surface area contributed by atoms with Crippen LogP contribution in [0.4, 0.5) is 0 Å². The average Bonchev–Trinajstić information content (AvgIpc) is 1.65. The fourth-order valence-corrected chi connectivity index (χ4v) is 0. The Bertz CT molecular complexity index is 52.0. The molecule has 0 radical (unpaired) electrons. The van der Waals surface area contributed by atoms with Crippen molar-refractivity contribution in [1.82, 2.24) is 0 Å². The van der Waals surface area contributed by atoms with Crippen LogP contribution in [0.5, 0.6) is 0 Å². The molecule has 0 fully saturated rings. The van der Waals surface area contributed by atoms with Gasteiger partial charge in [0, 0.05) is 6.54 Å². The number of hydrogen-bond acceptors (Lipinski definition) is 3. The molecule has 6 heteroatoms. The second kappa shape index (κ2) is 10.1. The van der Waals surface area contributed by atoms with Crippen molar-refractivity contribution in [3.63, 3.8) is 0 Å². The minimum atomic E-state index is -3.13. The summed E-state index contributed by atoms with van der Waals surface area (Å²) in [6.45, 7) is 0.472. The lowest BCUT2D eigenvalue weighted by Gasteiger charge is -1.71. The maximum absolute atomic E-state index is 8.74. The number of hydrogen-bond donors (Lipinski definition) is 4. The summed E-state index contributed by atoms with van der Waals surface area (Å²) in [4.78, 5) is 14.3. The van der Waals surface area contributed by atoms with E-state index in [1.807, 2.05) is 0 Å². The highest BCUT2D eigenvalue weighted by Gasteiger charge is 1.61. The zero-order chi connectivity index (χ0) is 6.99. The van der Waals surface area contributed by atoms with E-state index in [-0.39, 0.29) is 6.61 Å². The molecule has 0 aliphatic carbocycles. The van der Waals surface area contributed by atoms with Gasteiger partial charge in [-0.05, 0) is 0 Å². The van der Waals surface area contributed by atoms with Crippen LogP contribution in [-0.4, -0.2) is 28.0 Å². The molecular weight excluding hydrogens is 133 g/mol. The predicted molar refractivity (Wildman–Crippen MR) is 29.6 cm³/mol. The summed E-state index contributed by atoms with van der Waals surface area (Å²) in [5.74, 6) is 0. The predicted octanol–water partition coefficient (Wildman–Crippen LogP) is -1.70. The van der Waals surface area contributed by atoms with Crippen molar-refractivity contribution in [2.24, 2.45) is 5.73 Å². The summed E-state index contributed by atoms with van der Waals surface area (Å²) in [5, 5.41) is 7.75. The molecule has 5 N–H and O–H groups in total. The lowest BCUT2D eigenvalue weighted by Crippen LogP contribution is -2.02. The van der Waals surface area contributed by atoms with Gasteiger partial charge in [-0.1, -0.05) is 0 Å². The molecule has 0 aliphatic heterocycles. The van der Waals surface area contributed by atoms with Crippen LogP contribution in [0.2, 0.25) is 0 Å². The van der Waals surface area contributed by atoms with Crippen LogP contribution in [0.1, 0.15) is 0 Å². The molecule has 0 aromatic carbocycles. The van der Waals surface area contributed by atoms with E-state index in [1.54, 1.807) is 0 Å². The largest absolute Gasteiger partial charge is 0.395 e. The van der Waals surface area contributed by atoms with Crippen LogP contribution >= 0.6 is 8.25 Å². The molecule has 0 amide bonds. The molecule has 8 heavy (non-hydrogen) atoms. The van der Waals surface area contributed by atoms with E-state index in [4.69, 9.17) is 25.2 Å². The first-order valence-electron chi connectivity index (χ1n) is 1.88. The summed E-state index contributed by atoms with van der Waals surface area (Å²) in [6.07, 6.45) is 0. The molecule has 5 nitrogen and oxygen atoms in total. The van der Waals surface area contributed by atoms with Crippen molar-refractivity contribution in [2.45, 2.75) is 0 Å². The molecule has 0 saturated heterocycles. The van der Waals surface area contributed by atoms with Crippen molar-refractivity contribution in [1.29, 1.82) is 0 Å². The lowest BCUT2D eigenvalue weighted by molar-refractivity contribution is 0.306. The smallest absolute Gasteiger partial charge is 0.314 e. The molecule has 0 aliphatic rings. The van der Waals surface area contributed by atoms with Crippen LogP contribution in [0.3, 0.4) is 0 Å². The standard InChI is InChI=1S/C2H7NO.H3O3P/c3-1-2-4;1-4(2)3/h4H,1-3H2;4H,(H2,1,2,3). The van der Waals surface area contributed by atoms with Gasteiger partial charge in [0.25, 0.3) is 0 Å². The number of rotatable bonds is 1. The fraction of sp³-hybridized carbons (Fsp3) is 1.00. The van der Waals surface area contributed by atoms with Crippen molar-refractivity contribution >= 4 is 8.25 Å². The summed E-state index contributed by atoms with van der Waals surface area (Å²) in [7, 11) is -3.13. The highest BCUT2D eigenvalue weighted by Crippen LogP contribution is 1.98. The van der Waals surface area contributed by atoms with Crippen LogP contribution in [0.25, 0.3) is 0 Å². The van der Waals surface area contributed by atoms with Crippen molar-refractivity contribution < 1.29 is 19.5 Å². The van der Waals surface area contributed by atoms with E-state index in [1.165, 1.54) is 0 Å². The van der Waals surface area contributed by atoms with E-state index in [0.717, 1.165) is 0 Å².